The van der Waals surface area contributed by atoms with Crippen molar-refractivity contribution in [1.29, 1.82) is 0 Å². The van der Waals surface area contributed by atoms with E-state index in [0.717, 1.165) is 43.0 Å². The molecule has 8 nitrogen and oxygen atoms in total. The maximum Gasteiger partial charge on any atom is 0.201 e. The number of nitrogens with one attached hydrogen (secondary N) is 2. The molecule has 0 atom stereocenters. The van der Waals surface area contributed by atoms with Gasteiger partial charge in [0.2, 0.25) is 5.65 Å². The van der Waals surface area contributed by atoms with Gasteiger partial charge >= 0.3 is 0 Å². The molecule has 0 aliphatic heterocycles. The molecule has 27 heavy (non-hydrogen) atoms. The summed E-state index contributed by atoms with van der Waals surface area (Å²) < 4.78 is 12.0. The van der Waals surface area contributed by atoms with Crippen LogP contribution in [0, 0.1) is 0 Å². The van der Waals surface area contributed by atoms with Gasteiger partial charge in [-0.1, -0.05) is 30.3 Å². The highest BCUT2D eigenvalue weighted by Crippen LogP contribution is 2.24. The summed E-state index contributed by atoms with van der Waals surface area (Å²) in [7, 11) is 3.41. The Labute approximate surface area is 158 Å². The molecule has 0 bridgehead atoms. The number of nitrogens with zero attached hydrogens (tertiary/aromatic N) is 4. The topological polar surface area (TPSA) is 85.6 Å². The van der Waals surface area contributed by atoms with E-state index >= 15 is 0 Å². The van der Waals surface area contributed by atoms with Gasteiger partial charge in [0, 0.05) is 52.2 Å². The number of hydrogen-bond donors (Lipinski definition) is 2. The third-order valence-corrected chi connectivity index (χ3v) is 4.07. The average Bonchev–Trinajstić information content (AvgIpc) is 3.13. The number of fused-ring (bicyclic) bond motifs is 1. The summed E-state index contributed by atoms with van der Waals surface area (Å²) in [5.74, 6) is 1.48. The summed E-state index contributed by atoms with van der Waals surface area (Å²) in [5, 5.41) is 20.2. The van der Waals surface area contributed by atoms with E-state index in [4.69, 9.17) is 9.47 Å². The molecule has 2 aromatic heterocycles. The quantitative estimate of drug-likeness (QED) is 0.502. The zero-order valence-corrected chi connectivity index (χ0v) is 15.8. The van der Waals surface area contributed by atoms with Crippen LogP contribution in [0.25, 0.3) is 17.0 Å². The normalized spacial score (nSPS) is 11.0. The lowest BCUT2D eigenvalue weighted by Crippen LogP contribution is -2.11. The number of methoxy groups -OCH3 is 2. The highest BCUT2D eigenvalue weighted by Gasteiger charge is 2.14. The first kappa shape index (κ1) is 19.1. The number of rotatable bonds is 11. The first-order valence-corrected chi connectivity index (χ1v) is 9.11. The van der Waals surface area contributed by atoms with Gasteiger partial charge in [-0.3, -0.25) is 0 Å². The molecule has 8 heteroatoms. The highest BCUT2D eigenvalue weighted by atomic mass is 16.5. The fourth-order valence-electron chi connectivity index (χ4n) is 2.74. The van der Waals surface area contributed by atoms with Gasteiger partial charge in [-0.25, -0.2) is 0 Å². The Morgan fingerprint density at radius 3 is 2.33 bits per heavy atom. The fraction of sp³-hybridized carbons (Fsp3) is 0.421. The van der Waals surface area contributed by atoms with E-state index in [2.05, 4.69) is 25.9 Å². The van der Waals surface area contributed by atoms with Crippen LogP contribution >= 0.6 is 0 Å². The Balaban J connectivity index is 1.89. The number of ether oxygens (including phenoxy) is 2. The number of hydrogen-bond acceptors (Lipinski definition) is 7. The summed E-state index contributed by atoms with van der Waals surface area (Å²) >= 11 is 0. The van der Waals surface area contributed by atoms with Crippen LogP contribution in [0.4, 0.5) is 11.5 Å². The Kier molecular flexibility index (Phi) is 6.95. The van der Waals surface area contributed by atoms with Crippen LogP contribution < -0.4 is 10.6 Å². The van der Waals surface area contributed by atoms with E-state index in [9.17, 15) is 0 Å². The lowest BCUT2D eigenvalue weighted by molar-refractivity contribution is 0.197. The van der Waals surface area contributed by atoms with Crippen LogP contribution in [0.3, 0.4) is 0 Å². The zero-order chi connectivity index (χ0) is 18.9. The van der Waals surface area contributed by atoms with Crippen molar-refractivity contribution in [3.63, 3.8) is 0 Å². The molecule has 0 unspecified atom stereocenters. The Morgan fingerprint density at radius 2 is 1.63 bits per heavy atom. The average molecular weight is 370 g/mol. The van der Waals surface area contributed by atoms with Gasteiger partial charge in [0.15, 0.2) is 5.82 Å². The maximum absolute atomic E-state index is 5.12. The maximum atomic E-state index is 5.12. The zero-order valence-electron chi connectivity index (χ0n) is 15.8. The van der Waals surface area contributed by atoms with Crippen LogP contribution in [-0.4, -0.2) is 60.3 Å². The first-order chi connectivity index (χ1) is 13.3. The highest BCUT2D eigenvalue weighted by molar-refractivity contribution is 5.73. The number of benzene rings is 1. The first-order valence-electron chi connectivity index (χ1n) is 9.11. The van der Waals surface area contributed by atoms with Crippen LogP contribution in [0.15, 0.2) is 36.4 Å². The minimum Gasteiger partial charge on any atom is -0.385 e. The van der Waals surface area contributed by atoms with E-state index in [1.165, 1.54) is 0 Å². The van der Waals surface area contributed by atoms with E-state index in [1.807, 2.05) is 36.4 Å². The summed E-state index contributed by atoms with van der Waals surface area (Å²) in [5.41, 5.74) is 2.57. The molecule has 0 amide bonds. The molecule has 1 aromatic carbocycles. The van der Waals surface area contributed by atoms with Crippen molar-refractivity contribution in [1.82, 2.24) is 19.8 Å². The molecule has 0 saturated carbocycles. The molecule has 3 aromatic rings. The SMILES string of the molecule is COCCCNc1cc(NCCCOC)c2nnc(-c3ccccc3)n2n1. The van der Waals surface area contributed by atoms with Crippen molar-refractivity contribution in [3.8, 4) is 11.4 Å². The van der Waals surface area contributed by atoms with E-state index in [1.54, 1.807) is 18.7 Å². The molecule has 0 spiro atoms. The van der Waals surface area contributed by atoms with Crippen LogP contribution in [0.2, 0.25) is 0 Å². The Bertz CT molecular complexity index is 837. The second-order valence-electron chi connectivity index (χ2n) is 6.11. The van der Waals surface area contributed by atoms with Gasteiger partial charge in [-0.05, 0) is 12.8 Å². The smallest absolute Gasteiger partial charge is 0.201 e. The second kappa shape index (κ2) is 9.84. The molecule has 2 N–H and O–H groups in total. The van der Waals surface area contributed by atoms with Crippen molar-refractivity contribution in [2.75, 3.05) is 51.2 Å². The second-order valence-corrected chi connectivity index (χ2v) is 6.11. The summed E-state index contributed by atoms with van der Waals surface area (Å²) in [6.45, 7) is 2.97. The molecule has 0 aliphatic rings. The van der Waals surface area contributed by atoms with Gasteiger partial charge < -0.3 is 20.1 Å². The van der Waals surface area contributed by atoms with Gasteiger partial charge in [0.05, 0.1) is 5.69 Å². The third-order valence-electron chi connectivity index (χ3n) is 4.07. The van der Waals surface area contributed by atoms with E-state index < -0.39 is 0 Å². The summed E-state index contributed by atoms with van der Waals surface area (Å²) in [6, 6.07) is 11.9. The lowest BCUT2D eigenvalue weighted by atomic mass is 10.2. The van der Waals surface area contributed by atoms with Gasteiger partial charge in [0.25, 0.3) is 0 Å². The van der Waals surface area contributed by atoms with Crippen LogP contribution in [-0.2, 0) is 9.47 Å². The minimum atomic E-state index is 0.703. The fourth-order valence-corrected chi connectivity index (χ4v) is 2.74. The van der Waals surface area contributed by atoms with Crippen molar-refractivity contribution < 1.29 is 9.47 Å². The number of anilines is 2. The molecule has 2 heterocycles. The van der Waals surface area contributed by atoms with Gasteiger partial charge in [-0.2, -0.15) is 4.52 Å². The summed E-state index contributed by atoms with van der Waals surface area (Å²) in [6.07, 6.45) is 1.81. The standard InChI is InChI=1S/C19H26N6O2/c1-26-12-6-10-20-16-14-17(21-11-7-13-27-2)24-25-18(22-23-19(16)25)15-8-4-3-5-9-15/h3-5,8-9,14,20H,6-7,10-13H2,1-2H3,(H,21,24). The van der Waals surface area contributed by atoms with Gasteiger partial charge in [0.1, 0.15) is 5.82 Å². The predicted octanol–water partition coefficient (Wildman–Crippen LogP) is 2.69. The van der Waals surface area contributed by atoms with Crippen molar-refractivity contribution in [2.45, 2.75) is 12.8 Å². The summed E-state index contributed by atoms with van der Waals surface area (Å²) in [4.78, 5) is 0. The molecular formula is C19H26N6O2. The molecule has 144 valence electrons. The number of aromatic nitrogens is 4. The predicted molar refractivity (Wildman–Crippen MR) is 106 cm³/mol. The van der Waals surface area contributed by atoms with Crippen molar-refractivity contribution in [2.24, 2.45) is 0 Å². The third kappa shape index (κ3) is 4.93. The van der Waals surface area contributed by atoms with Crippen molar-refractivity contribution >= 4 is 17.2 Å². The van der Waals surface area contributed by atoms with E-state index in [-0.39, 0.29) is 0 Å². The Hall–Kier alpha value is -2.71. The molecule has 0 fully saturated rings. The lowest BCUT2D eigenvalue weighted by Gasteiger charge is -2.11. The van der Waals surface area contributed by atoms with Gasteiger partial charge in [-0.15, -0.1) is 15.3 Å². The molecular weight excluding hydrogens is 344 g/mol. The monoisotopic (exact) mass is 370 g/mol. The molecule has 0 radical (unpaired) electrons. The van der Waals surface area contributed by atoms with Crippen LogP contribution in [0.5, 0.6) is 0 Å². The molecule has 0 saturated heterocycles. The molecule has 0 aliphatic carbocycles. The van der Waals surface area contributed by atoms with Crippen LogP contribution in [0.1, 0.15) is 12.8 Å². The van der Waals surface area contributed by atoms with E-state index in [0.29, 0.717) is 24.7 Å². The minimum absolute atomic E-state index is 0.703. The Morgan fingerprint density at radius 1 is 0.926 bits per heavy atom. The van der Waals surface area contributed by atoms with Crippen molar-refractivity contribution in [3.05, 3.63) is 36.4 Å². The largest absolute Gasteiger partial charge is 0.385 e. The molecule has 3 rings (SSSR count).